The zero-order valence-electron chi connectivity index (χ0n) is 25.5. The SMILES string of the molecule is CC(=O)N[C@@H](CSc1ccc2ccccc2n1)C(=O)N[C@@H](Cc1ccccc1)[C@H](O)Cc1ccccc1C(=O)NC(C)(C)C. The first-order valence-corrected chi connectivity index (χ1v) is 15.7. The van der Waals surface area contributed by atoms with Crippen LogP contribution in [0.3, 0.4) is 0 Å². The second-order valence-corrected chi connectivity index (χ2v) is 12.9. The number of nitrogens with zero attached hydrogens (tertiary/aromatic N) is 1. The van der Waals surface area contributed by atoms with Crippen LogP contribution in [0.15, 0.2) is 96.0 Å². The molecule has 1 aromatic heterocycles. The van der Waals surface area contributed by atoms with Crippen molar-refractivity contribution in [1.29, 1.82) is 0 Å². The van der Waals surface area contributed by atoms with Crippen LogP contribution in [-0.4, -0.2) is 57.3 Å². The number of amides is 3. The molecular formula is C35H40N4O4S. The summed E-state index contributed by atoms with van der Waals surface area (Å²) in [4.78, 5) is 43.5. The van der Waals surface area contributed by atoms with Crippen LogP contribution in [0, 0.1) is 0 Å². The summed E-state index contributed by atoms with van der Waals surface area (Å²) in [5.41, 5.74) is 2.50. The smallest absolute Gasteiger partial charge is 0.251 e. The summed E-state index contributed by atoms with van der Waals surface area (Å²) in [5, 5.41) is 22.0. The highest BCUT2D eigenvalue weighted by Crippen LogP contribution is 2.21. The maximum atomic E-state index is 13.7. The lowest BCUT2D eigenvalue weighted by Gasteiger charge is -2.28. The second-order valence-electron chi connectivity index (χ2n) is 11.8. The number of carbonyl (C=O) groups excluding carboxylic acids is 3. The van der Waals surface area contributed by atoms with Crippen LogP contribution in [0.5, 0.6) is 0 Å². The number of carbonyl (C=O) groups is 3. The number of thioether (sulfide) groups is 1. The van der Waals surface area contributed by atoms with Crippen molar-refractivity contribution >= 4 is 40.4 Å². The van der Waals surface area contributed by atoms with Crippen molar-refractivity contribution in [3.8, 4) is 0 Å². The number of pyridine rings is 1. The zero-order valence-corrected chi connectivity index (χ0v) is 26.4. The van der Waals surface area contributed by atoms with Gasteiger partial charge < -0.3 is 21.1 Å². The highest BCUT2D eigenvalue weighted by molar-refractivity contribution is 7.99. The Balaban J connectivity index is 1.53. The van der Waals surface area contributed by atoms with Crippen molar-refractivity contribution in [2.75, 3.05) is 5.75 Å². The molecule has 0 bridgehead atoms. The molecule has 0 aliphatic heterocycles. The summed E-state index contributed by atoms with van der Waals surface area (Å²) < 4.78 is 0. The highest BCUT2D eigenvalue weighted by atomic mass is 32.2. The molecule has 0 aliphatic carbocycles. The number of aliphatic hydroxyl groups is 1. The van der Waals surface area contributed by atoms with Gasteiger partial charge in [-0.25, -0.2) is 4.98 Å². The zero-order chi connectivity index (χ0) is 31.7. The fourth-order valence-electron chi connectivity index (χ4n) is 4.85. The molecule has 230 valence electrons. The number of rotatable bonds is 12. The summed E-state index contributed by atoms with van der Waals surface area (Å²) in [5.74, 6) is -0.724. The summed E-state index contributed by atoms with van der Waals surface area (Å²) in [7, 11) is 0. The number of benzene rings is 3. The van der Waals surface area contributed by atoms with Crippen molar-refractivity contribution in [2.24, 2.45) is 0 Å². The van der Waals surface area contributed by atoms with Gasteiger partial charge in [0, 0.05) is 35.6 Å². The lowest BCUT2D eigenvalue weighted by molar-refractivity contribution is -0.128. The average molecular weight is 613 g/mol. The van der Waals surface area contributed by atoms with Gasteiger partial charge in [0.15, 0.2) is 0 Å². The van der Waals surface area contributed by atoms with Gasteiger partial charge in [-0.3, -0.25) is 14.4 Å². The molecule has 44 heavy (non-hydrogen) atoms. The summed E-state index contributed by atoms with van der Waals surface area (Å²) in [6.07, 6.45) is -0.516. The first-order chi connectivity index (χ1) is 21.0. The maximum Gasteiger partial charge on any atom is 0.251 e. The van der Waals surface area contributed by atoms with E-state index in [4.69, 9.17) is 0 Å². The van der Waals surface area contributed by atoms with Gasteiger partial charge in [-0.05, 0) is 56.5 Å². The number of hydrogen-bond donors (Lipinski definition) is 4. The number of hydrogen-bond acceptors (Lipinski definition) is 6. The van der Waals surface area contributed by atoms with Gasteiger partial charge in [0.05, 0.1) is 22.7 Å². The molecule has 4 rings (SSSR count). The molecular weight excluding hydrogens is 572 g/mol. The molecule has 4 N–H and O–H groups in total. The van der Waals surface area contributed by atoms with Crippen molar-refractivity contribution in [1.82, 2.24) is 20.9 Å². The fourth-order valence-corrected chi connectivity index (χ4v) is 5.75. The molecule has 3 amide bonds. The Hall–Kier alpha value is -4.21. The largest absolute Gasteiger partial charge is 0.391 e. The van der Waals surface area contributed by atoms with Gasteiger partial charge in [0.25, 0.3) is 5.91 Å². The van der Waals surface area contributed by atoms with Gasteiger partial charge >= 0.3 is 0 Å². The minimum absolute atomic E-state index is 0.145. The number of para-hydroxylation sites is 1. The van der Waals surface area contributed by atoms with E-state index in [-0.39, 0.29) is 24.0 Å². The number of aromatic nitrogens is 1. The Morgan fingerprint density at radius 1 is 0.841 bits per heavy atom. The number of aliphatic hydroxyl groups excluding tert-OH is 1. The number of fused-ring (bicyclic) bond motifs is 1. The van der Waals surface area contributed by atoms with E-state index in [0.717, 1.165) is 21.5 Å². The van der Waals surface area contributed by atoms with Crippen LogP contribution in [0.4, 0.5) is 0 Å². The molecule has 0 aliphatic rings. The van der Waals surface area contributed by atoms with Gasteiger partial charge in [-0.2, -0.15) is 0 Å². The Kier molecular flexibility index (Phi) is 11.1. The van der Waals surface area contributed by atoms with Crippen LogP contribution in [0.2, 0.25) is 0 Å². The average Bonchev–Trinajstić information content (AvgIpc) is 2.98. The number of nitrogens with one attached hydrogen (secondary N) is 3. The van der Waals surface area contributed by atoms with Gasteiger partial charge in [0.1, 0.15) is 6.04 Å². The molecule has 1 heterocycles. The molecule has 0 saturated carbocycles. The quantitative estimate of drug-likeness (QED) is 0.172. The molecule has 0 fully saturated rings. The standard InChI is InChI=1S/C35H40N4O4S/c1-23(40)36-30(22-44-32-19-18-25-14-9-11-17-28(25)37-32)34(43)38-29(20-24-12-6-5-7-13-24)31(41)21-26-15-8-10-16-27(26)33(42)39-35(2,3)4/h5-19,29-31,41H,20-22H2,1-4H3,(H,36,40)(H,38,43)(H,39,42)/t29-,30-,31+/m0/s1. The molecule has 3 aromatic carbocycles. The Bertz CT molecular complexity index is 1590. The first-order valence-electron chi connectivity index (χ1n) is 14.7. The lowest BCUT2D eigenvalue weighted by atomic mass is 9.93. The Labute approximate surface area is 263 Å². The second kappa shape index (κ2) is 15.0. The molecule has 0 radical (unpaired) electrons. The van der Waals surface area contributed by atoms with E-state index in [9.17, 15) is 19.5 Å². The molecule has 8 nitrogen and oxygen atoms in total. The molecule has 0 spiro atoms. The van der Waals surface area contributed by atoms with Crippen molar-refractivity contribution < 1.29 is 19.5 Å². The highest BCUT2D eigenvalue weighted by Gasteiger charge is 2.28. The van der Waals surface area contributed by atoms with Gasteiger partial charge in [0.2, 0.25) is 11.8 Å². The topological polar surface area (TPSA) is 120 Å². The van der Waals surface area contributed by atoms with Crippen LogP contribution < -0.4 is 16.0 Å². The first kappa shape index (κ1) is 32.7. The van der Waals surface area contributed by atoms with E-state index in [1.165, 1.54) is 18.7 Å². The van der Waals surface area contributed by atoms with Crippen molar-refractivity contribution in [2.45, 2.75) is 69.3 Å². The van der Waals surface area contributed by atoms with Crippen LogP contribution in [0.1, 0.15) is 49.2 Å². The molecule has 3 atom stereocenters. The van der Waals surface area contributed by atoms with Crippen LogP contribution in [-0.2, 0) is 22.4 Å². The normalized spacial score (nSPS) is 13.5. The van der Waals surface area contributed by atoms with Crippen LogP contribution in [0.25, 0.3) is 10.9 Å². The van der Waals surface area contributed by atoms with E-state index in [0.29, 0.717) is 17.5 Å². The maximum absolute atomic E-state index is 13.7. The van der Waals surface area contributed by atoms with Crippen molar-refractivity contribution in [3.05, 3.63) is 108 Å². The summed E-state index contributed by atoms with van der Waals surface area (Å²) in [6.45, 7) is 7.10. The summed E-state index contributed by atoms with van der Waals surface area (Å²) in [6, 6.07) is 26.8. The third-order valence-electron chi connectivity index (χ3n) is 6.93. The fraction of sp³-hybridized carbons (Fsp3) is 0.314. The summed E-state index contributed by atoms with van der Waals surface area (Å²) >= 11 is 1.37. The Morgan fingerprint density at radius 3 is 2.25 bits per heavy atom. The monoisotopic (exact) mass is 612 g/mol. The lowest BCUT2D eigenvalue weighted by Crippen LogP contribution is -2.54. The van der Waals surface area contributed by atoms with E-state index in [2.05, 4.69) is 20.9 Å². The Morgan fingerprint density at radius 2 is 1.52 bits per heavy atom. The molecule has 9 heteroatoms. The van der Waals surface area contributed by atoms with E-state index in [1.807, 2.05) is 99.6 Å². The molecule has 0 saturated heterocycles. The molecule has 0 unspecified atom stereocenters. The predicted octanol–water partition coefficient (Wildman–Crippen LogP) is 4.69. The van der Waals surface area contributed by atoms with E-state index >= 15 is 0 Å². The van der Waals surface area contributed by atoms with Crippen LogP contribution >= 0.6 is 11.8 Å². The third kappa shape index (κ3) is 9.65. The third-order valence-corrected chi connectivity index (χ3v) is 7.96. The van der Waals surface area contributed by atoms with E-state index in [1.54, 1.807) is 12.1 Å². The predicted molar refractivity (Wildman–Crippen MR) is 176 cm³/mol. The molecule has 4 aromatic rings. The van der Waals surface area contributed by atoms with Gasteiger partial charge in [-0.15, -0.1) is 11.8 Å². The minimum Gasteiger partial charge on any atom is -0.391 e. The van der Waals surface area contributed by atoms with Gasteiger partial charge in [-0.1, -0.05) is 72.8 Å². The minimum atomic E-state index is -1.02. The van der Waals surface area contributed by atoms with Crippen molar-refractivity contribution in [3.63, 3.8) is 0 Å². The van der Waals surface area contributed by atoms with E-state index < -0.39 is 29.6 Å².